The molecule has 0 spiro atoms. The molecule has 124 valence electrons. The summed E-state index contributed by atoms with van der Waals surface area (Å²) >= 11 is 1.19. The third-order valence-electron chi connectivity index (χ3n) is 3.12. The number of carbonyl (C=O) groups excluding carboxylic acids is 2. The van der Waals surface area contributed by atoms with Gasteiger partial charge in [0.1, 0.15) is 11.4 Å². The number of thiophene rings is 1. The van der Waals surface area contributed by atoms with Crippen LogP contribution in [0.2, 0.25) is 0 Å². The van der Waals surface area contributed by atoms with Gasteiger partial charge in [0.25, 0.3) is 5.56 Å². The first-order valence-corrected chi connectivity index (χ1v) is 8.25. The summed E-state index contributed by atoms with van der Waals surface area (Å²) < 4.78 is 11.1. The molecular formula is C15H18N2O5S. The van der Waals surface area contributed by atoms with Gasteiger partial charge >= 0.3 is 11.9 Å². The van der Waals surface area contributed by atoms with Crippen LogP contribution in [0.3, 0.4) is 0 Å². The minimum atomic E-state index is -0.544. The lowest BCUT2D eigenvalue weighted by Crippen LogP contribution is -2.26. The minimum Gasteiger partial charge on any atom is -0.465 e. The maximum absolute atomic E-state index is 12.5. The van der Waals surface area contributed by atoms with Gasteiger partial charge < -0.3 is 9.47 Å². The molecule has 0 unspecified atom stereocenters. The molecular weight excluding hydrogens is 320 g/mol. The molecule has 23 heavy (non-hydrogen) atoms. The van der Waals surface area contributed by atoms with Gasteiger partial charge in [0.15, 0.2) is 0 Å². The first-order chi connectivity index (χ1) is 11.1. The van der Waals surface area contributed by atoms with Crippen molar-refractivity contribution >= 4 is 33.5 Å². The van der Waals surface area contributed by atoms with Crippen molar-refractivity contribution in [2.24, 2.45) is 0 Å². The predicted octanol–water partition coefficient (Wildman–Crippen LogP) is 1.98. The van der Waals surface area contributed by atoms with Crippen LogP contribution in [0.1, 0.15) is 37.0 Å². The van der Waals surface area contributed by atoms with Crippen LogP contribution in [0.4, 0.5) is 0 Å². The van der Waals surface area contributed by atoms with Crippen molar-refractivity contribution in [2.75, 3.05) is 13.2 Å². The number of aromatic nitrogens is 2. The Balaban J connectivity index is 2.32. The highest BCUT2D eigenvalue weighted by Gasteiger charge is 2.19. The van der Waals surface area contributed by atoms with E-state index >= 15 is 0 Å². The monoisotopic (exact) mass is 338 g/mol. The van der Waals surface area contributed by atoms with E-state index in [9.17, 15) is 14.4 Å². The minimum absolute atomic E-state index is 0.184. The Hall–Kier alpha value is -2.22. The molecule has 0 amide bonds. The van der Waals surface area contributed by atoms with Gasteiger partial charge in [0.05, 0.1) is 30.5 Å². The number of esters is 2. The second kappa shape index (κ2) is 7.87. The van der Waals surface area contributed by atoms with E-state index in [1.807, 2.05) is 6.92 Å². The molecule has 0 atom stereocenters. The molecule has 0 aliphatic rings. The average molecular weight is 338 g/mol. The van der Waals surface area contributed by atoms with Crippen molar-refractivity contribution in [3.63, 3.8) is 0 Å². The summed E-state index contributed by atoms with van der Waals surface area (Å²) in [6, 6.07) is 0. The fraction of sp³-hybridized carbons (Fsp3) is 0.467. The quantitative estimate of drug-likeness (QED) is 0.567. The summed E-state index contributed by atoms with van der Waals surface area (Å²) in [6.45, 7) is 3.98. The Labute approximate surface area is 136 Å². The fourth-order valence-corrected chi connectivity index (χ4v) is 2.83. The van der Waals surface area contributed by atoms with Crippen LogP contribution in [0, 0.1) is 0 Å². The second-order valence-electron chi connectivity index (χ2n) is 4.80. The van der Waals surface area contributed by atoms with Gasteiger partial charge in [-0.25, -0.2) is 9.78 Å². The molecule has 8 heteroatoms. The molecule has 0 saturated carbocycles. The normalized spacial score (nSPS) is 10.7. The zero-order valence-corrected chi connectivity index (χ0v) is 13.9. The molecule has 7 nitrogen and oxygen atoms in total. The highest BCUT2D eigenvalue weighted by Crippen LogP contribution is 2.21. The number of ether oxygens (including phenoxy) is 2. The summed E-state index contributed by atoms with van der Waals surface area (Å²) in [6.07, 6.45) is 2.95. The Morgan fingerprint density at radius 2 is 2.09 bits per heavy atom. The van der Waals surface area contributed by atoms with Crippen LogP contribution in [0.5, 0.6) is 0 Å². The van der Waals surface area contributed by atoms with Crippen LogP contribution in [0.25, 0.3) is 10.2 Å². The number of nitrogens with zero attached hydrogens (tertiary/aromatic N) is 2. The van der Waals surface area contributed by atoms with Gasteiger partial charge in [0, 0.05) is 5.38 Å². The molecule has 2 rings (SSSR count). The number of carbonyl (C=O) groups is 2. The van der Waals surface area contributed by atoms with Crippen molar-refractivity contribution in [3.05, 3.63) is 27.6 Å². The molecule has 0 aliphatic heterocycles. The Morgan fingerprint density at radius 1 is 1.30 bits per heavy atom. The maximum atomic E-state index is 12.5. The second-order valence-corrected chi connectivity index (χ2v) is 5.66. The molecule has 0 aromatic carbocycles. The van der Waals surface area contributed by atoms with Gasteiger partial charge in [-0.1, -0.05) is 13.3 Å². The average Bonchev–Trinajstić information content (AvgIpc) is 2.95. The van der Waals surface area contributed by atoms with Gasteiger partial charge in [-0.3, -0.25) is 14.2 Å². The molecule has 2 heterocycles. The lowest BCUT2D eigenvalue weighted by molar-refractivity contribution is -0.143. The van der Waals surface area contributed by atoms with E-state index in [2.05, 4.69) is 4.98 Å². The number of hydrogen-bond acceptors (Lipinski definition) is 7. The summed E-state index contributed by atoms with van der Waals surface area (Å²) in [7, 11) is 0. The lowest BCUT2D eigenvalue weighted by Gasteiger charge is -2.06. The first-order valence-electron chi connectivity index (χ1n) is 7.37. The Morgan fingerprint density at radius 3 is 2.78 bits per heavy atom. The van der Waals surface area contributed by atoms with E-state index in [-0.39, 0.29) is 24.1 Å². The predicted molar refractivity (Wildman–Crippen MR) is 85.7 cm³/mol. The molecule has 2 aromatic heterocycles. The summed E-state index contributed by atoms with van der Waals surface area (Å²) in [5.41, 5.74) is -0.261. The fourth-order valence-electron chi connectivity index (χ4n) is 1.96. The van der Waals surface area contributed by atoms with Gasteiger partial charge in [-0.05, 0) is 13.3 Å². The van der Waals surface area contributed by atoms with E-state index in [1.165, 1.54) is 17.7 Å². The Bertz CT molecular complexity index is 765. The van der Waals surface area contributed by atoms with Gasteiger partial charge in [0.2, 0.25) is 0 Å². The maximum Gasteiger partial charge on any atom is 0.339 e. The van der Waals surface area contributed by atoms with Crippen LogP contribution in [0.15, 0.2) is 16.5 Å². The topological polar surface area (TPSA) is 87.5 Å². The zero-order valence-electron chi connectivity index (χ0n) is 13.0. The molecule has 0 N–H and O–H groups in total. The van der Waals surface area contributed by atoms with E-state index < -0.39 is 17.5 Å². The van der Waals surface area contributed by atoms with Crippen molar-refractivity contribution in [2.45, 2.75) is 33.2 Å². The molecule has 0 bridgehead atoms. The lowest BCUT2D eigenvalue weighted by atomic mass is 10.2. The summed E-state index contributed by atoms with van der Waals surface area (Å²) in [5.74, 6) is -1.07. The number of fused-ring (bicyclic) bond motifs is 1. The highest BCUT2D eigenvalue weighted by molar-refractivity contribution is 7.17. The molecule has 0 fully saturated rings. The highest BCUT2D eigenvalue weighted by atomic mass is 32.1. The SMILES string of the molecule is CCCCOC(=O)c1csc2ncn(CC(=O)OCC)c(=O)c12. The molecule has 2 aromatic rings. The third kappa shape index (κ3) is 3.95. The van der Waals surface area contributed by atoms with Gasteiger partial charge in [-0.15, -0.1) is 11.3 Å². The molecule has 0 radical (unpaired) electrons. The number of rotatable bonds is 7. The van der Waals surface area contributed by atoms with E-state index in [4.69, 9.17) is 9.47 Å². The standard InChI is InChI=1S/C15H18N2O5S/c1-3-5-6-22-15(20)10-8-23-13-12(10)14(19)17(9-16-13)7-11(18)21-4-2/h8-9H,3-7H2,1-2H3. The van der Waals surface area contributed by atoms with E-state index in [0.29, 0.717) is 11.4 Å². The van der Waals surface area contributed by atoms with Crippen LogP contribution in [-0.2, 0) is 20.8 Å². The van der Waals surface area contributed by atoms with Crippen LogP contribution in [-0.4, -0.2) is 34.7 Å². The number of unbranched alkanes of at least 4 members (excludes halogenated alkanes) is 1. The van der Waals surface area contributed by atoms with Gasteiger partial charge in [-0.2, -0.15) is 0 Å². The first kappa shape index (κ1) is 17.1. The Kier molecular flexibility index (Phi) is 5.86. The summed E-state index contributed by atoms with van der Waals surface area (Å²) in [4.78, 5) is 40.7. The van der Waals surface area contributed by atoms with Crippen LogP contribution >= 0.6 is 11.3 Å². The van der Waals surface area contributed by atoms with Crippen molar-refractivity contribution in [3.8, 4) is 0 Å². The zero-order chi connectivity index (χ0) is 16.8. The van der Waals surface area contributed by atoms with Crippen LogP contribution < -0.4 is 5.56 Å². The smallest absolute Gasteiger partial charge is 0.339 e. The van der Waals surface area contributed by atoms with E-state index in [1.54, 1.807) is 12.3 Å². The molecule has 0 saturated heterocycles. The van der Waals surface area contributed by atoms with Crippen molar-refractivity contribution < 1.29 is 19.1 Å². The van der Waals surface area contributed by atoms with Crippen molar-refractivity contribution in [1.82, 2.24) is 9.55 Å². The third-order valence-corrected chi connectivity index (χ3v) is 4.00. The largest absolute Gasteiger partial charge is 0.465 e. The summed E-state index contributed by atoms with van der Waals surface area (Å²) in [5, 5.41) is 1.74. The molecule has 0 aliphatic carbocycles. The van der Waals surface area contributed by atoms with Crippen molar-refractivity contribution in [1.29, 1.82) is 0 Å². The number of hydrogen-bond donors (Lipinski definition) is 0. The van der Waals surface area contributed by atoms with E-state index in [0.717, 1.165) is 17.4 Å².